The Hall–Kier alpha value is -3.15. The second kappa shape index (κ2) is 12.4. The number of ether oxygens (including phenoxy) is 3. The maximum Gasteiger partial charge on any atom is 0.327 e. The summed E-state index contributed by atoms with van der Waals surface area (Å²) in [5.41, 5.74) is 1.25. The van der Waals surface area contributed by atoms with E-state index in [4.69, 9.17) is 14.2 Å². The highest BCUT2D eigenvalue weighted by Crippen LogP contribution is 2.30. The molecule has 0 radical (unpaired) electrons. The van der Waals surface area contributed by atoms with Crippen LogP contribution in [0.3, 0.4) is 0 Å². The van der Waals surface area contributed by atoms with Crippen LogP contribution in [0.25, 0.3) is 0 Å². The van der Waals surface area contributed by atoms with Crippen molar-refractivity contribution in [2.24, 2.45) is 0 Å². The van der Waals surface area contributed by atoms with Gasteiger partial charge in [0.25, 0.3) is 5.91 Å². The van der Waals surface area contributed by atoms with Gasteiger partial charge in [0.1, 0.15) is 6.04 Å². The predicted molar refractivity (Wildman–Crippen MR) is 125 cm³/mol. The van der Waals surface area contributed by atoms with Gasteiger partial charge >= 0.3 is 5.97 Å². The van der Waals surface area contributed by atoms with Gasteiger partial charge in [-0.1, -0.05) is 17.7 Å². The number of sulfonamides is 1. The van der Waals surface area contributed by atoms with Crippen LogP contribution in [0, 0.1) is 6.92 Å². The number of nitrogens with one attached hydrogen (secondary N) is 2. The molecule has 0 spiro atoms. The van der Waals surface area contributed by atoms with E-state index in [0.717, 1.165) is 5.56 Å². The van der Waals surface area contributed by atoms with Crippen molar-refractivity contribution in [2.75, 3.05) is 25.1 Å². The maximum atomic E-state index is 12.6. The van der Waals surface area contributed by atoms with E-state index in [1.807, 2.05) is 13.8 Å². The number of hydrogen-bond donors (Lipinski definition) is 3. The number of carbonyl (C=O) groups excluding carboxylic acids is 2. The lowest BCUT2D eigenvalue weighted by atomic mass is 10.2. The average Bonchev–Trinajstić information content (AvgIpc) is 2.78. The maximum absolute atomic E-state index is 12.6. The molecular formula is C23H30N2O8S. The van der Waals surface area contributed by atoms with Gasteiger partial charge in [-0.05, 0) is 52.0 Å². The van der Waals surface area contributed by atoms with Gasteiger partial charge in [-0.2, -0.15) is 4.72 Å². The van der Waals surface area contributed by atoms with E-state index in [9.17, 15) is 23.1 Å². The molecule has 186 valence electrons. The molecule has 0 aliphatic heterocycles. The molecule has 0 bridgehead atoms. The Morgan fingerprint density at radius 1 is 1.00 bits per heavy atom. The van der Waals surface area contributed by atoms with Gasteiger partial charge in [-0.3, -0.25) is 9.59 Å². The molecule has 0 heterocycles. The molecule has 3 N–H and O–H groups in total. The Bertz CT molecular complexity index is 1080. The summed E-state index contributed by atoms with van der Waals surface area (Å²) in [6.07, 6.45) is -1.41. The molecule has 0 saturated heterocycles. The molecule has 0 unspecified atom stereocenters. The summed E-state index contributed by atoms with van der Waals surface area (Å²) in [4.78, 5) is 24.6. The van der Waals surface area contributed by atoms with Crippen LogP contribution in [-0.2, 0) is 24.3 Å². The number of aliphatic hydroxyl groups is 1. The zero-order valence-corrected chi connectivity index (χ0v) is 20.3. The minimum absolute atomic E-state index is 0.0742. The molecule has 34 heavy (non-hydrogen) atoms. The number of aliphatic hydroxyl groups excluding tert-OH is 1. The third-order valence-electron chi connectivity index (χ3n) is 4.52. The molecule has 0 aliphatic rings. The third-order valence-corrected chi connectivity index (χ3v) is 5.98. The van der Waals surface area contributed by atoms with Gasteiger partial charge in [-0.15, -0.1) is 0 Å². The van der Waals surface area contributed by atoms with Crippen LogP contribution >= 0.6 is 0 Å². The van der Waals surface area contributed by atoms with Crippen LogP contribution in [0.5, 0.6) is 11.5 Å². The highest BCUT2D eigenvalue weighted by atomic mass is 32.2. The topological polar surface area (TPSA) is 140 Å². The minimum atomic E-state index is -4.11. The van der Waals surface area contributed by atoms with Crippen molar-refractivity contribution >= 4 is 27.6 Å². The van der Waals surface area contributed by atoms with E-state index in [0.29, 0.717) is 30.4 Å². The van der Waals surface area contributed by atoms with E-state index in [1.54, 1.807) is 37.3 Å². The SMILES string of the molecule is CCOc1ccc(NC(=O)COC(=O)[C@H](NS(=O)(=O)c2ccc(C)cc2)[C@@H](C)O)cc1OCC. The summed E-state index contributed by atoms with van der Waals surface area (Å²) in [7, 11) is -4.11. The van der Waals surface area contributed by atoms with Gasteiger partial charge < -0.3 is 24.6 Å². The molecule has 0 fully saturated rings. The highest BCUT2D eigenvalue weighted by molar-refractivity contribution is 7.89. The summed E-state index contributed by atoms with van der Waals surface area (Å²) < 4.78 is 43.2. The van der Waals surface area contributed by atoms with Gasteiger partial charge in [0.05, 0.1) is 24.2 Å². The lowest BCUT2D eigenvalue weighted by molar-refractivity contribution is -0.151. The summed E-state index contributed by atoms with van der Waals surface area (Å²) in [5.74, 6) is -0.790. The molecular weight excluding hydrogens is 464 g/mol. The summed E-state index contributed by atoms with van der Waals surface area (Å²) in [6, 6.07) is 9.17. The van der Waals surface area contributed by atoms with E-state index in [2.05, 4.69) is 10.0 Å². The molecule has 2 atom stereocenters. The fraction of sp³-hybridized carbons (Fsp3) is 0.391. The second-order valence-electron chi connectivity index (χ2n) is 7.34. The predicted octanol–water partition coefficient (Wildman–Crippen LogP) is 2.00. The van der Waals surface area contributed by atoms with Crippen LogP contribution in [0.15, 0.2) is 47.4 Å². The number of benzene rings is 2. The van der Waals surface area contributed by atoms with Crippen LogP contribution < -0.4 is 19.5 Å². The first-order valence-electron chi connectivity index (χ1n) is 10.7. The molecule has 1 amide bonds. The Morgan fingerprint density at radius 2 is 1.62 bits per heavy atom. The van der Waals surface area contributed by atoms with E-state index in [1.165, 1.54) is 19.1 Å². The van der Waals surface area contributed by atoms with E-state index < -0.39 is 40.7 Å². The number of aryl methyl sites for hydroxylation is 1. The van der Waals surface area contributed by atoms with Crippen molar-refractivity contribution < 1.29 is 37.3 Å². The van der Waals surface area contributed by atoms with Crippen molar-refractivity contribution in [3.63, 3.8) is 0 Å². The number of rotatable bonds is 12. The number of amides is 1. The normalized spacial score (nSPS) is 13.0. The molecule has 2 rings (SSSR count). The Morgan fingerprint density at radius 3 is 2.21 bits per heavy atom. The molecule has 0 saturated carbocycles. The summed E-state index contributed by atoms with van der Waals surface area (Å²) >= 11 is 0. The smallest absolute Gasteiger partial charge is 0.327 e. The number of anilines is 1. The molecule has 2 aromatic rings. The van der Waals surface area contributed by atoms with Crippen molar-refractivity contribution in [1.29, 1.82) is 0 Å². The average molecular weight is 495 g/mol. The number of carbonyl (C=O) groups is 2. The third kappa shape index (κ3) is 7.72. The first-order valence-corrected chi connectivity index (χ1v) is 12.2. The van der Waals surface area contributed by atoms with E-state index in [-0.39, 0.29) is 4.90 Å². The van der Waals surface area contributed by atoms with Crippen molar-refractivity contribution in [1.82, 2.24) is 4.72 Å². The minimum Gasteiger partial charge on any atom is -0.490 e. The monoisotopic (exact) mass is 494 g/mol. The zero-order valence-electron chi connectivity index (χ0n) is 19.5. The fourth-order valence-corrected chi connectivity index (χ4v) is 4.11. The van der Waals surface area contributed by atoms with Crippen LogP contribution in [0.2, 0.25) is 0 Å². The summed E-state index contributed by atoms with van der Waals surface area (Å²) in [6.45, 7) is 6.83. The quantitative estimate of drug-likeness (QED) is 0.381. The second-order valence-corrected chi connectivity index (χ2v) is 9.05. The fourth-order valence-electron chi connectivity index (χ4n) is 2.85. The largest absolute Gasteiger partial charge is 0.490 e. The number of hydrogen-bond acceptors (Lipinski definition) is 8. The molecule has 11 heteroatoms. The Kier molecular flexibility index (Phi) is 9.84. The standard InChI is InChI=1S/C23H30N2O8S/c1-5-31-19-12-9-17(13-20(19)32-6-2)24-21(27)14-33-23(28)22(16(4)26)25-34(29,30)18-10-7-15(3)8-11-18/h7-13,16,22,25-26H,5-6,14H2,1-4H3,(H,24,27)/t16-,22-/m1/s1. The van der Waals surface area contributed by atoms with Crippen molar-refractivity contribution in [2.45, 2.75) is 44.7 Å². The van der Waals surface area contributed by atoms with E-state index >= 15 is 0 Å². The van der Waals surface area contributed by atoms with Gasteiger partial charge in [0.15, 0.2) is 18.1 Å². The van der Waals surface area contributed by atoms with Crippen LogP contribution in [0.4, 0.5) is 5.69 Å². The molecule has 10 nitrogen and oxygen atoms in total. The lowest BCUT2D eigenvalue weighted by Crippen LogP contribution is -2.48. The highest BCUT2D eigenvalue weighted by Gasteiger charge is 2.31. The molecule has 0 aromatic heterocycles. The van der Waals surface area contributed by atoms with Crippen LogP contribution in [-0.4, -0.2) is 57.4 Å². The van der Waals surface area contributed by atoms with Crippen molar-refractivity contribution in [3.05, 3.63) is 48.0 Å². The number of esters is 1. The van der Waals surface area contributed by atoms with Gasteiger partial charge in [-0.25, -0.2) is 8.42 Å². The first kappa shape index (κ1) is 27.1. The first-order chi connectivity index (χ1) is 16.1. The van der Waals surface area contributed by atoms with Gasteiger partial charge in [0, 0.05) is 11.8 Å². The van der Waals surface area contributed by atoms with Gasteiger partial charge in [0.2, 0.25) is 10.0 Å². The Balaban J connectivity index is 2.01. The Labute approximate surface area is 199 Å². The lowest BCUT2D eigenvalue weighted by Gasteiger charge is -2.20. The van der Waals surface area contributed by atoms with Crippen molar-refractivity contribution in [3.8, 4) is 11.5 Å². The zero-order chi connectivity index (χ0) is 25.3. The summed E-state index contributed by atoms with van der Waals surface area (Å²) in [5, 5.41) is 12.5. The molecule has 0 aliphatic carbocycles. The van der Waals surface area contributed by atoms with Crippen LogP contribution in [0.1, 0.15) is 26.3 Å². The molecule has 2 aromatic carbocycles.